The highest BCUT2D eigenvalue weighted by Gasteiger charge is 2.14. The fourth-order valence-electron chi connectivity index (χ4n) is 3.15. The molecule has 0 aliphatic rings. The van der Waals surface area contributed by atoms with Crippen LogP contribution in [0.1, 0.15) is 16.3 Å². The van der Waals surface area contributed by atoms with Gasteiger partial charge in [-0.25, -0.2) is 9.97 Å². The molecule has 180 valence electrons. The Hall–Kier alpha value is -3.44. The van der Waals surface area contributed by atoms with Gasteiger partial charge in [0.1, 0.15) is 0 Å². The topological polar surface area (TPSA) is 102 Å². The Kier molecular flexibility index (Phi) is 9.00. The molecule has 2 heterocycles. The molecular weight excluding hydrogens is 472 g/mol. The molecule has 0 bridgehead atoms. The van der Waals surface area contributed by atoms with Crippen LogP contribution in [0.4, 0.5) is 11.6 Å². The summed E-state index contributed by atoms with van der Waals surface area (Å²) in [5.41, 5.74) is 2.37. The Bertz CT molecular complexity index is 1110. The maximum absolute atomic E-state index is 5.54. The summed E-state index contributed by atoms with van der Waals surface area (Å²) in [6, 6.07) is 9.56. The van der Waals surface area contributed by atoms with Gasteiger partial charge < -0.3 is 24.8 Å². The number of methoxy groups -OCH3 is 3. The molecule has 0 radical (unpaired) electrons. The average Bonchev–Trinajstić information content (AvgIpc) is 3.31. The molecule has 11 heteroatoms. The van der Waals surface area contributed by atoms with Crippen molar-refractivity contribution in [3.05, 3.63) is 52.0 Å². The summed E-state index contributed by atoms with van der Waals surface area (Å²) in [5.74, 6) is 2.40. The zero-order valence-electron chi connectivity index (χ0n) is 19.8. The first-order chi connectivity index (χ1) is 16.4. The van der Waals surface area contributed by atoms with Gasteiger partial charge in [-0.15, -0.1) is 11.3 Å². The standard InChI is InChI=1S/C23H28N6O3S2/c1-14-11-15(2)26-22(25-14)28-21(24-9-8-17-7-6-10-34-17)29-23(33)27-16-12-18(30-3)20(32-5)19(13-16)31-4/h6-7,10-13H,8-9H2,1-5H3,(H3,24,25,26,27,28,29,33). The monoisotopic (exact) mass is 500 g/mol. The van der Waals surface area contributed by atoms with Crippen molar-refractivity contribution in [1.82, 2.24) is 15.3 Å². The number of nitrogens with one attached hydrogen (secondary N) is 3. The minimum atomic E-state index is 0.320. The first kappa shape index (κ1) is 25.2. The number of anilines is 2. The first-order valence-electron chi connectivity index (χ1n) is 10.5. The lowest BCUT2D eigenvalue weighted by Crippen LogP contribution is -2.39. The number of aliphatic imine (C=N–C) groups is 1. The quantitative estimate of drug-likeness (QED) is 0.239. The average molecular weight is 501 g/mol. The Balaban J connectivity index is 1.77. The Labute approximate surface area is 208 Å². The predicted octanol–water partition coefficient (Wildman–Crippen LogP) is 4.18. The highest BCUT2D eigenvalue weighted by Crippen LogP contribution is 2.39. The van der Waals surface area contributed by atoms with Crippen molar-refractivity contribution in [1.29, 1.82) is 0 Å². The molecule has 0 saturated heterocycles. The second-order valence-corrected chi connectivity index (χ2v) is 8.59. The molecule has 0 amide bonds. The van der Waals surface area contributed by atoms with Crippen LogP contribution in [-0.2, 0) is 6.42 Å². The van der Waals surface area contributed by atoms with Gasteiger partial charge in [0.2, 0.25) is 17.7 Å². The number of aryl methyl sites for hydroxylation is 2. The van der Waals surface area contributed by atoms with Crippen molar-refractivity contribution in [3.63, 3.8) is 0 Å². The molecule has 34 heavy (non-hydrogen) atoms. The summed E-state index contributed by atoms with van der Waals surface area (Å²) < 4.78 is 16.2. The summed E-state index contributed by atoms with van der Waals surface area (Å²) in [7, 11) is 4.67. The molecule has 0 aliphatic carbocycles. The second kappa shape index (κ2) is 12.1. The van der Waals surface area contributed by atoms with E-state index in [2.05, 4.69) is 42.4 Å². The minimum absolute atomic E-state index is 0.320. The molecule has 0 atom stereocenters. The fraction of sp³-hybridized carbons (Fsp3) is 0.304. The van der Waals surface area contributed by atoms with Crippen LogP contribution in [0.3, 0.4) is 0 Å². The molecule has 3 aromatic rings. The number of thiocarbonyl (C=S) groups is 1. The number of benzene rings is 1. The molecule has 3 N–H and O–H groups in total. The van der Waals surface area contributed by atoms with Gasteiger partial charge in [-0.3, -0.25) is 10.3 Å². The third kappa shape index (κ3) is 7.03. The van der Waals surface area contributed by atoms with E-state index >= 15 is 0 Å². The maximum atomic E-state index is 5.54. The summed E-state index contributed by atoms with van der Waals surface area (Å²) in [4.78, 5) is 14.8. The van der Waals surface area contributed by atoms with E-state index in [4.69, 9.17) is 26.4 Å². The third-order valence-electron chi connectivity index (χ3n) is 4.58. The third-order valence-corrected chi connectivity index (χ3v) is 5.72. The van der Waals surface area contributed by atoms with E-state index in [1.807, 2.05) is 26.0 Å². The zero-order chi connectivity index (χ0) is 24.5. The summed E-state index contributed by atoms with van der Waals surface area (Å²) in [5, 5.41) is 11.8. The lowest BCUT2D eigenvalue weighted by Gasteiger charge is -2.17. The first-order valence-corrected chi connectivity index (χ1v) is 11.7. The number of hydrogen-bond donors (Lipinski definition) is 3. The van der Waals surface area contributed by atoms with Crippen LogP contribution in [0.25, 0.3) is 0 Å². The van der Waals surface area contributed by atoms with Crippen molar-refractivity contribution in [2.75, 3.05) is 38.5 Å². The smallest absolute Gasteiger partial charge is 0.229 e. The van der Waals surface area contributed by atoms with Crippen molar-refractivity contribution in [2.45, 2.75) is 20.3 Å². The lowest BCUT2D eigenvalue weighted by atomic mass is 10.2. The van der Waals surface area contributed by atoms with E-state index in [9.17, 15) is 0 Å². The highest BCUT2D eigenvalue weighted by atomic mass is 32.1. The number of rotatable bonds is 8. The van der Waals surface area contributed by atoms with Crippen LogP contribution in [0.15, 0.2) is 40.7 Å². The van der Waals surface area contributed by atoms with E-state index in [0.717, 1.165) is 17.8 Å². The van der Waals surface area contributed by atoms with Gasteiger partial charge in [0.05, 0.1) is 21.3 Å². The van der Waals surface area contributed by atoms with Gasteiger partial charge in [0.25, 0.3) is 0 Å². The zero-order valence-corrected chi connectivity index (χ0v) is 21.4. The van der Waals surface area contributed by atoms with Crippen LogP contribution >= 0.6 is 23.6 Å². The van der Waals surface area contributed by atoms with Gasteiger partial charge >= 0.3 is 0 Å². The Morgan fingerprint density at radius 3 is 2.24 bits per heavy atom. The molecule has 0 unspecified atom stereocenters. The predicted molar refractivity (Wildman–Crippen MR) is 141 cm³/mol. The second-order valence-electron chi connectivity index (χ2n) is 7.15. The van der Waals surface area contributed by atoms with Gasteiger partial charge in [-0.1, -0.05) is 6.07 Å². The van der Waals surface area contributed by atoms with Crippen molar-refractivity contribution in [3.8, 4) is 17.2 Å². The Morgan fingerprint density at radius 2 is 1.68 bits per heavy atom. The SMILES string of the molecule is COc1cc(NC(=S)NC(=NCCc2cccs2)Nc2nc(C)cc(C)n2)cc(OC)c1OC. The van der Waals surface area contributed by atoms with E-state index in [1.165, 1.54) is 4.88 Å². The number of aromatic nitrogens is 2. The van der Waals surface area contributed by atoms with E-state index in [1.54, 1.807) is 44.8 Å². The molecule has 0 aliphatic heterocycles. The van der Waals surface area contributed by atoms with Gasteiger partial charge in [0.15, 0.2) is 16.6 Å². The molecule has 0 saturated carbocycles. The Morgan fingerprint density at radius 1 is 1.00 bits per heavy atom. The molecular formula is C23H28N6O3S2. The number of hydrogen-bond acceptors (Lipinski definition) is 8. The van der Waals surface area contributed by atoms with Crippen LogP contribution in [0, 0.1) is 13.8 Å². The minimum Gasteiger partial charge on any atom is -0.493 e. The van der Waals surface area contributed by atoms with Crippen LogP contribution in [0.2, 0.25) is 0 Å². The highest BCUT2D eigenvalue weighted by molar-refractivity contribution is 7.80. The largest absolute Gasteiger partial charge is 0.493 e. The van der Waals surface area contributed by atoms with E-state index in [0.29, 0.717) is 46.5 Å². The van der Waals surface area contributed by atoms with Gasteiger partial charge in [-0.2, -0.15) is 0 Å². The molecule has 0 spiro atoms. The molecule has 0 fully saturated rings. The summed E-state index contributed by atoms with van der Waals surface area (Å²) >= 11 is 7.24. The van der Waals surface area contributed by atoms with Gasteiger partial charge in [-0.05, 0) is 43.6 Å². The molecule has 1 aromatic carbocycles. The number of nitrogens with zero attached hydrogens (tertiary/aromatic N) is 3. The van der Waals surface area contributed by atoms with Crippen LogP contribution in [-0.4, -0.2) is 48.9 Å². The fourth-order valence-corrected chi connectivity index (χ4v) is 4.07. The van der Waals surface area contributed by atoms with Crippen molar-refractivity contribution in [2.24, 2.45) is 4.99 Å². The number of thiophene rings is 1. The van der Waals surface area contributed by atoms with E-state index < -0.39 is 0 Å². The van der Waals surface area contributed by atoms with Crippen LogP contribution in [0.5, 0.6) is 17.2 Å². The normalized spacial score (nSPS) is 11.0. The number of guanidine groups is 1. The number of ether oxygens (including phenoxy) is 3. The molecule has 3 rings (SSSR count). The lowest BCUT2D eigenvalue weighted by molar-refractivity contribution is 0.324. The maximum Gasteiger partial charge on any atom is 0.229 e. The van der Waals surface area contributed by atoms with Crippen LogP contribution < -0.4 is 30.2 Å². The van der Waals surface area contributed by atoms with Crippen molar-refractivity contribution >= 4 is 46.3 Å². The van der Waals surface area contributed by atoms with Crippen molar-refractivity contribution < 1.29 is 14.2 Å². The molecule has 2 aromatic heterocycles. The van der Waals surface area contributed by atoms with Gasteiger partial charge in [0, 0.05) is 47.1 Å². The van der Waals surface area contributed by atoms with E-state index in [-0.39, 0.29) is 0 Å². The molecule has 9 nitrogen and oxygen atoms in total. The summed E-state index contributed by atoms with van der Waals surface area (Å²) in [6.07, 6.45) is 0.811. The summed E-state index contributed by atoms with van der Waals surface area (Å²) in [6.45, 7) is 4.39.